The first kappa shape index (κ1) is 14.2. The molecule has 0 N–H and O–H groups in total. The van der Waals surface area contributed by atoms with Gasteiger partial charge in [0.15, 0.2) is 12.2 Å². The summed E-state index contributed by atoms with van der Waals surface area (Å²) in [4.78, 5) is 33.8. The number of cyclic esters (lactones) is 1. The summed E-state index contributed by atoms with van der Waals surface area (Å²) in [6, 6.07) is 0. The summed E-state index contributed by atoms with van der Waals surface area (Å²) >= 11 is 0. The number of ether oxygens (including phenoxy) is 3. The van der Waals surface area contributed by atoms with Crippen LogP contribution in [0.3, 0.4) is 0 Å². The van der Waals surface area contributed by atoms with Gasteiger partial charge in [-0.15, -0.1) is 0 Å². The molecule has 2 unspecified atom stereocenters. The average molecular weight is 256 g/mol. The first-order valence-corrected chi connectivity index (χ1v) is 5.47. The van der Waals surface area contributed by atoms with Crippen LogP contribution < -0.4 is 0 Å². The molecule has 0 radical (unpaired) electrons. The van der Waals surface area contributed by atoms with Crippen LogP contribution in [0.4, 0.5) is 0 Å². The standard InChI is InChI=1S/C12H16O6/c1-7(2)10(14)16-5-9(13)18-12(4)6-17-11(15)8(12)3/h8H,1,5-6H2,2-4H3. The molecule has 0 spiro atoms. The smallest absolute Gasteiger partial charge is 0.344 e. The third-order valence-corrected chi connectivity index (χ3v) is 2.79. The van der Waals surface area contributed by atoms with Crippen LogP contribution in [0, 0.1) is 5.92 Å². The highest BCUT2D eigenvalue weighted by molar-refractivity contribution is 5.88. The summed E-state index contributed by atoms with van der Waals surface area (Å²) < 4.78 is 14.6. The molecular weight excluding hydrogens is 240 g/mol. The van der Waals surface area contributed by atoms with E-state index in [1.54, 1.807) is 13.8 Å². The second kappa shape index (κ2) is 5.20. The fraction of sp³-hybridized carbons (Fsp3) is 0.583. The minimum absolute atomic E-state index is 0.00712. The largest absolute Gasteiger partial charge is 0.461 e. The van der Waals surface area contributed by atoms with Gasteiger partial charge in [-0.1, -0.05) is 6.58 Å². The summed E-state index contributed by atoms with van der Waals surface area (Å²) in [6.07, 6.45) is 0. The van der Waals surface area contributed by atoms with Crippen molar-refractivity contribution in [3.8, 4) is 0 Å². The molecule has 0 aromatic rings. The van der Waals surface area contributed by atoms with E-state index in [0.29, 0.717) is 0 Å². The Labute approximate surface area is 105 Å². The van der Waals surface area contributed by atoms with Gasteiger partial charge in [0.25, 0.3) is 0 Å². The summed E-state index contributed by atoms with van der Waals surface area (Å²) in [5.74, 6) is -2.34. The van der Waals surface area contributed by atoms with Gasteiger partial charge in [0.2, 0.25) is 0 Å². The van der Waals surface area contributed by atoms with Gasteiger partial charge in [0.05, 0.1) is 5.92 Å². The van der Waals surface area contributed by atoms with Gasteiger partial charge in [-0.05, 0) is 20.8 Å². The lowest BCUT2D eigenvalue weighted by Gasteiger charge is -2.24. The molecule has 1 rings (SSSR count). The molecule has 0 aliphatic carbocycles. The van der Waals surface area contributed by atoms with Crippen LogP contribution in [0.2, 0.25) is 0 Å². The van der Waals surface area contributed by atoms with E-state index in [2.05, 4.69) is 11.3 Å². The molecule has 0 aromatic carbocycles. The third-order valence-electron chi connectivity index (χ3n) is 2.79. The SMILES string of the molecule is C=C(C)C(=O)OCC(=O)OC1(C)COC(=O)C1C. The number of esters is 3. The van der Waals surface area contributed by atoms with Crippen molar-refractivity contribution >= 4 is 17.9 Å². The highest BCUT2D eigenvalue weighted by Gasteiger charge is 2.47. The summed E-state index contributed by atoms with van der Waals surface area (Å²) in [6.45, 7) is 7.56. The minimum Gasteiger partial charge on any atom is -0.461 e. The van der Waals surface area contributed by atoms with E-state index in [1.165, 1.54) is 6.92 Å². The van der Waals surface area contributed by atoms with Gasteiger partial charge in [-0.3, -0.25) is 4.79 Å². The molecule has 0 bridgehead atoms. The van der Waals surface area contributed by atoms with E-state index in [9.17, 15) is 14.4 Å². The number of hydrogen-bond donors (Lipinski definition) is 0. The fourth-order valence-corrected chi connectivity index (χ4v) is 1.37. The Morgan fingerprint density at radius 1 is 1.56 bits per heavy atom. The van der Waals surface area contributed by atoms with Crippen molar-refractivity contribution < 1.29 is 28.6 Å². The molecule has 0 aromatic heterocycles. The predicted octanol–water partition coefficient (Wildman–Crippen LogP) is 0.600. The van der Waals surface area contributed by atoms with Gasteiger partial charge in [-0.25, -0.2) is 9.59 Å². The second-order valence-electron chi connectivity index (χ2n) is 4.47. The van der Waals surface area contributed by atoms with Crippen molar-refractivity contribution in [2.75, 3.05) is 13.2 Å². The highest BCUT2D eigenvalue weighted by Crippen LogP contribution is 2.29. The minimum atomic E-state index is -1.01. The number of hydrogen-bond acceptors (Lipinski definition) is 6. The van der Waals surface area contributed by atoms with Crippen LogP contribution in [-0.4, -0.2) is 36.7 Å². The van der Waals surface area contributed by atoms with E-state index in [1.807, 2.05) is 0 Å². The fourth-order valence-electron chi connectivity index (χ4n) is 1.37. The van der Waals surface area contributed by atoms with Crippen molar-refractivity contribution in [2.45, 2.75) is 26.4 Å². The van der Waals surface area contributed by atoms with Crippen molar-refractivity contribution in [3.63, 3.8) is 0 Å². The van der Waals surface area contributed by atoms with Gasteiger partial charge < -0.3 is 14.2 Å². The Balaban J connectivity index is 2.48. The van der Waals surface area contributed by atoms with Crippen LogP contribution in [-0.2, 0) is 28.6 Å². The molecule has 2 atom stereocenters. The van der Waals surface area contributed by atoms with Gasteiger partial charge >= 0.3 is 17.9 Å². The maximum Gasteiger partial charge on any atom is 0.344 e. The first-order valence-electron chi connectivity index (χ1n) is 5.47. The monoisotopic (exact) mass is 256 g/mol. The van der Waals surface area contributed by atoms with Crippen LogP contribution in [0.5, 0.6) is 0 Å². The lowest BCUT2D eigenvalue weighted by molar-refractivity contribution is -0.170. The van der Waals surface area contributed by atoms with Crippen molar-refractivity contribution in [1.29, 1.82) is 0 Å². The van der Waals surface area contributed by atoms with Crippen LogP contribution in [0.1, 0.15) is 20.8 Å². The molecule has 1 saturated heterocycles. The quantitative estimate of drug-likeness (QED) is 0.416. The molecule has 6 heteroatoms. The van der Waals surface area contributed by atoms with Gasteiger partial charge in [0.1, 0.15) is 6.61 Å². The van der Waals surface area contributed by atoms with Crippen LogP contribution in [0.25, 0.3) is 0 Å². The normalized spacial score (nSPS) is 26.4. The maximum absolute atomic E-state index is 11.5. The molecular formula is C12H16O6. The summed E-state index contributed by atoms with van der Waals surface area (Å²) in [5, 5.41) is 0. The third kappa shape index (κ3) is 3.09. The van der Waals surface area contributed by atoms with E-state index in [4.69, 9.17) is 9.47 Å². The van der Waals surface area contributed by atoms with Gasteiger partial charge in [0, 0.05) is 5.57 Å². The number of carbonyl (C=O) groups excluding carboxylic acids is 3. The van der Waals surface area contributed by atoms with Crippen molar-refractivity contribution in [2.24, 2.45) is 5.92 Å². The summed E-state index contributed by atoms with van der Waals surface area (Å²) in [7, 11) is 0. The molecule has 1 aliphatic heterocycles. The Hall–Kier alpha value is -1.85. The number of carbonyl (C=O) groups is 3. The zero-order chi connectivity index (χ0) is 13.9. The van der Waals surface area contributed by atoms with Crippen molar-refractivity contribution in [3.05, 3.63) is 12.2 Å². The Kier molecular flexibility index (Phi) is 4.11. The zero-order valence-electron chi connectivity index (χ0n) is 10.6. The molecule has 1 aliphatic rings. The lowest BCUT2D eigenvalue weighted by Crippen LogP contribution is -2.39. The van der Waals surface area contributed by atoms with E-state index >= 15 is 0 Å². The molecule has 100 valence electrons. The molecule has 1 heterocycles. The van der Waals surface area contributed by atoms with E-state index in [0.717, 1.165) is 0 Å². The van der Waals surface area contributed by atoms with Crippen LogP contribution >= 0.6 is 0 Å². The lowest BCUT2D eigenvalue weighted by atomic mass is 9.94. The molecule has 1 fully saturated rings. The van der Waals surface area contributed by atoms with Crippen LogP contribution in [0.15, 0.2) is 12.2 Å². The maximum atomic E-state index is 11.5. The zero-order valence-corrected chi connectivity index (χ0v) is 10.6. The van der Waals surface area contributed by atoms with Gasteiger partial charge in [-0.2, -0.15) is 0 Å². The topological polar surface area (TPSA) is 78.9 Å². The summed E-state index contributed by atoms with van der Waals surface area (Å²) in [5.41, 5.74) is -0.814. The second-order valence-corrected chi connectivity index (χ2v) is 4.47. The van der Waals surface area contributed by atoms with E-state index < -0.39 is 36.0 Å². The average Bonchev–Trinajstić information content (AvgIpc) is 2.54. The Morgan fingerprint density at radius 2 is 2.17 bits per heavy atom. The Bertz CT molecular complexity index is 399. The molecule has 0 amide bonds. The molecule has 0 saturated carbocycles. The molecule has 18 heavy (non-hydrogen) atoms. The highest BCUT2D eigenvalue weighted by atomic mass is 16.6. The number of rotatable bonds is 4. The Morgan fingerprint density at radius 3 is 2.61 bits per heavy atom. The first-order chi connectivity index (χ1) is 8.26. The predicted molar refractivity (Wildman–Crippen MR) is 60.4 cm³/mol. The van der Waals surface area contributed by atoms with Crippen molar-refractivity contribution in [1.82, 2.24) is 0 Å². The van der Waals surface area contributed by atoms with E-state index in [-0.39, 0.29) is 12.2 Å². The molecule has 6 nitrogen and oxygen atoms in total.